The summed E-state index contributed by atoms with van der Waals surface area (Å²) in [7, 11) is 0. The minimum atomic E-state index is -0.353. The van der Waals surface area contributed by atoms with E-state index in [-0.39, 0.29) is 18.3 Å². The maximum absolute atomic E-state index is 13.6. The summed E-state index contributed by atoms with van der Waals surface area (Å²) in [6.07, 6.45) is 3.30. The van der Waals surface area contributed by atoms with Gasteiger partial charge in [0.15, 0.2) is 4.77 Å². The Hall–Kier alpha value is -1.21. The van der Waals surface area contributed by atoms with Gasteiger partial charge in [0.05, 0.1) is 15.5 Å². The highest BCUT2D eigenvalue weighted by atomic mass is 79.9. The molecule has 1 saturated heterocycles. The Morgan fingerprint density at radius 3 is 2.76 bits per heavy atom. The topological polar surface area (TPSA) is 41.0 Å². The van der Waals surface area contributed by atoms with Crippen LogP contribution in [0.2, 0.25) is 0 Å². The second-order valence-electron chi connectivity index (χ2n) is 5.24. The molecule has 1 amide bonds. The van der Waals surface area contributed by atoms with E-state index in [1.54, 1.807) is 10.6 Å². The molecule has 0 spiro atoms. The number of halogens is 2. The molecule has 0 atom stereocenters. The van der Waals surface area contributed by atoms with Crippen molar-refractivity contribution in [2.24, 2.45) is 0 Å². The molecule has 0 bridgehead atoms. The largest absolute Gasteiger partial charge is 0.341 e. The number of fused-ring (bicyclic) bond motifs is 1. The number of hydrogen-bond acceptors (Lipinski definition) is 2. The molecule has 3 rings (SSSR count). The minimum absolute atomic E-state index is 0.0622. The van der Waals surface area contributed by atoms with Crippen molar-refractivity contribution >= 4 is 45.1 Å². The lowest BCUT2D eigenvalue weighted by Crippen LogP contribution is -2.37. The number of carbonyl (C=O) groups excluding carboxylic acids is 1. The summed E-state index contributed by atoms with van der Waals surface area (Å²) >= 11 is 8.43. The molecule has 0 saturated carbocycles. The molecular formula is C14H15BrFN3OS. The Morgan fingerprint density at radius 1 is 1.33 bits per heavy atom. The highest BCUT2D eigenvalue weighted by molar-refractivity contribution is 9.10. The van der Waals surface area contributed by atoms with Crippen molar-refractivity contribution in [2.45, 2.75) is 25.8 Å². The predicted molar refractivity (Wildman–Crippen MR) is 85.2 cm³/mol. The van der Waals surface area contributed by atoms with Crippen LogP contribution in [0.15, 0.2) is 16.6 Å². The van der Waals surface area contributed by atoms with Crippen LogP contribution in [0.25, 0.3) is 11.0 Å². The normalized spacial score (nSPS) is 15.6. The van der Waals surface area contributed by atoms with Crippen molar-refractivity contribution in [1.29, 1.82) is 0 Å². The number of imidazole rings is 1. The van der Waals surface area contributed by atoms with E-state index in [2.05, 4.69) is 20.9 Å². The van der Waals surface area contributed by atoms with Gasteiger partial charge in [0.2, 0.25) is 5.91 Å². The Labute approximate surface area is 135 Å². The maximum Gasteiger partial charge on any atom is 0.242 e. The first kappa shape index (κ1) is 14.7. The number of aromatic amines is 1. The number of amides is 1. The summed E-state index contributed by atoms with van der Waals surface area (Å²) in [4.78, 5) is 17.2. The van der Waals surface area contributed by atoms with E-state index < -0.39 is 0 Å². The van der Waals surface area contributed by atoms with Gasteiger partial charge in [-0.3, -0.25) is 4.79 Å². The number of nitrogens with zero attached hydrogens (tertiary/aromatic N) is 2. The van der Waals surface area contributed by atoms with Gasteiger partial charge in [-0.2, -0.15) is 0 Å². The molecule has 112 valence electrons. The molecule has 1 aliphatic rings. The van der Waals surface area contributed by atoms with Gasteiger partial charge in [-0.1, -0.05) is 0 Å². The van der Waals surface area contributed by atoms with Crippen LogP contribution in [0.5, 0.6) is 0 Å². The lowest BCUT2D eigenvalue weighted by atomic mass is 10.1. The first-order valence-corrected chi connectivity index (χ1v) is 8.12. The van der Waals surface area contributed by atoms with Gasteiger partial charge < -0.3 is 14.5 Å². The zero-order valence-electron chi connectivity index (χ0n) is 11.4. The number of H-pyrrole nitrogens is 1. The number of likely N-dealkylation sites (tertiary alicyclic amines) is 1. The lowest BCUT2D eigenvalue weighted by Gasteiger charge is -2.26. The first-order chi connectivity index (χ1) is 10.1. The van der Waals surface area contributed by atoms with Crippen molar-refractivity contribution in [3.05, 3.63) is 27.2 Å². The summed E-state index contributed by atoms with van der Waals surface area (Å²) in [6.45, 7) is 1.82. The summed E-state index contributed by atoms with van der Waals surface area (Å²) in [5.74, 6) is -0.291. The van der Waals surface area contributed by atoms with Gasteiger partial charge in [0.1, 0.15) is 12.4 Å². The lowest BCUT2D eigenvalue weighted by molar-refractivity contribution is -0.132. The molecule has 1 aromatic heterocycles. The average molecular weight is 372 g/mol. The third-order valence-electron chi connectivity index (χ3n) is 3.82. The Bertz CT molecular complexity index is 748. The van der Waals surface area contributed by atoms with Gasteiger partial charge in [0, 0.05) is 19.2 Å². The molecule has 0 unspecified atom stereocenters. The van der Waals surface area contributed by atoms with E-state index >= 15 is 0 Å². The van der Waals surface area contributed by atoms with E-state index in [1.165, 1.54) is 12.5 Å². The molecule has 4 nitrogen and oxygen atoms in total. The van der Waals surface area contributed by atoms with Crippen LogP contribution < -0.4 is 0 Å². The van der Waals surface area contributed by atoms with Crippen LogP contribution in [-0.4, -0.2) is 33.4 Å². The van der Waals surface area contributed by atoms with Gasteiger partial charge >= 0.3 is 0 Å². The third-order valence-corrected chi connectivity index (χ3v) is 4.75. The SMILES string of the molecule is O=C(Cn1c(=S)[nH]c2cc(F)c(Br)cc21)N1CCCCC1. The third kappa shape index (κ3) is 2.89. The average Bonchev–Trinajstić information content (AvgIpc) is 2.76. The van der Waals surface area contributed by atoms with E-state index in [1.807, 2.05) is 4.90 Å². The van der Waals surface area contributed by atoms with Crippen LogP contribution in [0, 0.1) is 10.6 Å². The molecule has 2 aromatic rings. The van der Waals surface area contributed by atoms with E-state index in [0.29, 0.717) is 14.8 Å². The molecule has 1 aromatic carbocycles. The number of benzene rings is 1. The van der Waals surface area contributed by atoms with E-state index in [9.17, 15) is 9.18 Å². The molecular weight excluding hydrogens is 357 g/mol. The van der Waals surface area contributed by atoms with Crippen LogP contribution in [0.3, 0.4) is 0 Å². The Morgan fingerprint density at radius 2 is 2.05 bits per heavy atom. The fourth-order valence-electron chi connectivity index (χ4n) is 2.69. The molecule has 0 aliphatic carbocycles. The van der Waals surface area contributed by atoms with Crippen molar-refractivity contribution in [3.63, 3.8) is 0 Å². The fourth-order valence-corrected chi connectivity index (χ4v) is 3.29. The highest BCUT2D eigenvalue weighted by Crippen LogP contribution is 2.23. The molecule has 7 heteroatoms. The fraction of sp³-hybridized carbons (Fsp3) is 0.429. The first-order valence-electron chi connectivity index (χ1n) is 6.91. The zero-order chi connectivity index (χ0) is 15.0. The number of piperidine rings is 1. The van der Waals surface area contributed by atoms with Crippen LogP contribution in [0.4, 0.5) is 4.39 Å². The molecule has 0 radical (unpaired) electrons. The zero-order valence-corrected chi connectivity index (χ0v) is 13.8. The second-order valence-corrected chi connectivity index (χ2v) is 6.48. The van der Waals surface area contributed by atoms with Gasteiger partial charge in [0.25, 0.3) is 0 Å². The number of aromatic nitrogens is 2. The molecule has 1 aliphatic heterocycles. The number of hydrogen-bond donors (Lipinski definition) is 1. The van der Waals surface area contributed by atoms with Crippen LogP contribution in [-0.2, 0) is 11.3 Å². The van der Waals surface area contributed by atoms with Crippen molar-refractivity contribution in [2.75, 3.05) is 13.1 Å². The molecule has 21 heavy (non-hydrogen) atoms. The van der Waals surface area contributed by atoms with Crippen LogP contribution in [0.1, 0.15) is 19.3 Å². The number of carbonyl (C=O) groups is 1. The smallest absolute Gasteiger partial charge is 0.242 e. The monoisotopic (exact) mass is 371 g/mol. The number of nitrogens with one attached hydrogen (secondary N) is 1. The summed E-state index contributed by atoms with van der Waals surface area (Å²) in [5.41, 5.74) is 1.34. The maximum atomic E-state index is 13.6. The quantitative estimate of drug-likeness (QED) is 0.819. The van der Waals surface area contributed by atoms with E-state index in [4.69, 9.17) is 12.2 Å². The van der Waals surface area contributed by atoms with Gasteiger partial charge in [-0.15, -0.1) is 0 Å². The van der Waals surface area contributed by atoms with Gasteiger partial charge in [-0.05, 0) is 53.5 Å². The summed E-state index contributed by atoms with van der Waals surface area (Å²) in [5, 5.41) is 0. The summed E-state index contributed by atoms with van der Waals surface area (Å²) in [6, 6.07) is 3.04. The highest BCUT2D eigenvalue weighted by Gasteiger charge is 2.18. The van der Waals surface area contributed by atoms with Crippen molar-refractivity contribution in [1.82, 2.24) is 14.5 Å². The van der Waals surface area contributed by atoms with E-state index in [0.717, 1.165) is 31.4 Å². The number of rotatable bonds is 2. The molecule has 1 N–H and O–H groups in total. The van der Waals surface area contributed by atoms with Gasteiger partial charge in [-0.25, -0.2) is 4.39 Å². The van der Waals surface area contributed by atoms with Crippen LogP contribution >= 0.6 is 28.1 Å². The Kier molecular flexibility index (Phi) is 4.12. The molecule has 2 heterocycles. The summed E-state index contributed by atoms with van der Waals surface area (Å²) < 4.78 is 16.1. The Balaban J connectivity index is 1.93. The minimum Gasteiger partial charge on any atom is -0.341 e. The molecule has 1 fully saturated rings. The standard InChI is InChI=1S/C14H15BrFN3OS/c15-9-6-12-11(7-10(9)16)17-14(21)19(12)8-13(20)18-4-2-1-3-5-18/h6-7H,1-5,8H2,(H,17,21). The predicted octanol–water partition coefficient (Wildman–Crippen LogP) is 3.61. The van der Waals surface area contributed by atoms with Crippen molar-refractivity contribution in [3.8, 4) is 0 Å². The van der Waals surface area contributed by atoms with Crippen molar-refractivity contribution < 1.29 is 9.18 Å². The second kappa shape index (κ2) is 5.88.